The Kier molecular flexibility index (Phi) is 2.49. The third-order valence-corrected chi connectivity index (χ3v) is 4.43. The van der Waals surface area contributed by atoms with Crippen LogP contribution in [0.1, 0.15) is 0 Å². The van der Waals surface area contributed by atoms with Crippen LogP contribution in [0.5, 0.6) is 0 Å². The highest BCUT2D eigenvalue weighted by Gasteiger charge is 2.10. The minimum absolute atomic E-state index is 1.22. The van der Waals surface area contributed by atoms with Crippen LogP contribution in [0.2, 0.25) is 13.1 Å². The van der Waals surface area contributed by atoms with Crippen molar-refractivity contribution in [3.8, 4) is 0 Å². The fourth-order valence-electron chi connectivity index (χ4n) is 0.0510. The lowest BCUT2D eigenvalue weighted by Gasteiger charge is -2.13. The first-order valence-corrected chi connectivity index (χ1v) is 5.77. The van der Waals surface area contributed by atoms with E-state index in [1.54, 1.807) is 0 Å². The molecule has 3 radical (unpaired) electrons. The normalized spacial score (nSPS) is 11.3. The molecule has 0 bridgehead atoms. The molecule has 0 amide bonds. The van der Waals surface area contributed by atoms with Crippen LogP contribution in [0.3, 0.4) is 0 Å². The van der Waals surface area contributed by atoms with Gasteiger partial charge >= 0.3 is 0 Å². The molecule has 0 aromatic heterocycles. The van der Waals surface area contributed by atoms with Crippen molar-refractivity contribution in [3.63, 3.8) is 0 Å². The van der Waals surface area contributed by atoms with E-state index < -0.39 is 8.24 Å². The third kappa shape index (κ3) is 2.79. The van der Waals surface area contributed by atoms with E-state index in [-0.39, 0.29) is 0 Å². The van der Waals surface area contributed by atoms with E-state index in [2.05, 4.69) is 34.7 Å². The number of rotatable bonds is 2. The summed E-state index contributed by atoms with van der Waals surface area (Å²) in [6, 6.07) is 0. The van der Waals surface area contributed by atoms with E-state index in [9.17, 15) is 0 Å². The van der Waals surface area contributed by atoms with Gasteiger partial charge in [0.15, 0.2) is 0 Å². The van der Waals surface area contributed by atoms with Crippen LogP contribution in [0.25, 0.3) is 0 Å². The topological polar surface area (TPSA) is 12.0 Å². The Morgan fingerprint density at radius 1 is 1.71 bits per heavy atom. The first-order valence-electron chi connectivity index (χ1n) is 2.20. The standard InChI is InChI=1S/C4H10NSi2/c1-4-7(2,3)5-6/h4-5H,1H2,2-3H3. The van der Waals surface area contributed by atoms with Crippen LogP contribution in [-0.2, 0) is 0 Å². The molecule has 1 nitrogen and oxygen atoms in total. The van der Waals surface area contributed by atoms with Gasteiger partial charge in [0.2, 0.25) is 0 Å². The summed E-state index contributed by atoms with van der Waals surface area (Å²) in [7, 11) is 1.99. The molecule has 1 N–H and O–H groups in total. The minimum Gasteiger partial charge on any atom is -0.360 e. The van der Waals surface area contributed by atoms with E-state index in [1.165, 1.54) is 0 Å². The van der Waals surface area contributed by atoms with Crippen molar-refractivity contribution in [2.75, 3.05) is 0 Å². The van der Waals surface area contributed by atoms with E-state index in [0.29, 0.717) is 0 Å². The molecule has 39 valence electrons. The maximum absolute atomic E-state index is 3.67. The number of hydrogen-bond donors (Lipinski definition) is 1. The maximum Gasteiger partial charge on any atom is 0.136 e. The monoisotopic (exact) mass is 128 g/mol. The third-order valence-electron chi connectivity index (χ3n) is 0.832. The second-order valence-corrected chi connectivity index (χ2v) is 6.90. The molecule has 7 heavy (non-hydrogen) atoms. The lowest BCUT2D eigenvalue weighted by Crippen LogP contribution is -2.40. The summed E-state index contributed by atoms with van der Waals surface area (Å²) in [6.45, 7) is 7.99. The highest BCUT2D eigenvalue weighted by Crippen LogP contribution is 1.92. The zero-order valence-corrected chi connectivity index (χ0v) is 6.78. The van der Waals surface area contributed by atoms with Gasteiger partial charge in [0.25, 0.3) is 0 Å². The molecule has 0 unspecified atom stereocenters. The predicted molar refractivity (Wildman–Crippen MR) is 36.6 cm³/mol. The van der Waals surface area contributed by atoms with Crippen LogP contribution < -0.4 is 4.65 Å². The molecule has 0 saturated carbocycles. The number of hydrogen-bond acceptors (Lipinski definition) is 1. The van der Waals surface area contributed by atoms with Crippen LogP contribution in [0.15, 0.2) is 12.3 Å². The largest absolute Gasteiger partial charge is 0.360 e. The molecule has 0 saturated heterocycles. The van der Waals surface area contributed by atoms with E-state index in [4.69, 9.17) is 0 Å². The molecule has 0 aliphatic carbocycles. The Morgan fingerprint density at radius 3 is 2.14 bits per heavy atom. The molecule has 0 aromatic rings. The van der Waals surface area contributed by atoms with Gasteiger partial charge in [-0.05, 0) is 0 Å². The van der Waals surface area contributed by atoms with Gasteiger partial charge < -0.3 is 4.65 Å². The van der Waals surface area contributed by atoms with E-state index in [0.717, 1.165) is 0 Å². The van der Waals surface area contributed by atoms with Gasteiger partial charge in [-0.3, -0.25) is 0 Å². The average molecular weight is 128 g/mol. The summed E-state index contributed by atoms with van der Waals surface area (Å²) in [5.74, 6) is 0. The molecule has 0 aliphatic heterocycles. The lowest BCUT2D eigenvalue weighted by molar-refractivity contribution is 1.47. The Labute approximate surface area is 49.4 Å². The van der Waals surface area contributed by atoms with Crippen molar-refractivity contribution >= 4 is 18.6 Å². The number of nitrogens with one attached hydrogen (secondary N) is 1. The highest BCUT2D eigenvalue weighted by molar-refractivity contribution is 6.83. The molecule has 0 spiro atoms. The maximum atomic E-state index is 3.67. The molecule has 0 heterocycles. The van der Waals surface area contributed by atoms with Crippen LogP contribution >= 0.6 is 0 Å². The fraction of sp³-hybridized carbons (Fsp3) is 0.500. The van der Waals surface area contributed by atoms with Gasteiger partial charge in [0.05, 0.1) is 0 Å². The first kappa shape index (κ1) is 7.13. The van der Waals surface area contributed by atoms with Gasteiger partial charge in [0.1, 0.15) is 18.6 Å². The second kappa shape index (κ2) is 2.44. The molecule has 0 aliphatic rings. The Hall–Kier alpha value is 0.134. The predicted octanol–water partition coefficient (Wildman–Crippen LogP) is 0.590. The van der Waals surface area contributed by atoms with Crippen molar-refractivity contribution in [3.05, 3.63) is 12.3 Å². The summed E-state index contributed by atoms with van der Waals surface area (Å²) >= 11 is 0. The smallest absolute Gasteiger partial charge is 0.136 e. The summed E-state index contributed by atoms with van der Waals surface area (Å²) in [5, 5.41) is 0. The molecule has 0 rings (SSSR count). The zero-order chi connectivity index (χ0) is 5.91. The lowest BCUT2D eigenvalue weighted by atomic mass is 11.3. The molecule has 3 heteroatoms. The van der Waals surface area contributed by atoms with Crippen LogP contribution in [0.4, 0.5) is 0 Å². The fourth-order valence-corrected chi connectivity index (χ4v) is 0.459. The van der Waals surface area contributed by atoms with E-state index in [1.807, 2.05) is 5.70 Å². The molecule has 0 aromatic carbocycles. The van der Waals surface area contributed by atoms with Crippen molar-refractivity contribution in [2.24, 2.45) is 0 Å². The summed E-state index contributed by atoms with van der Waals surface area (Å²) in [6.07, 6.45) is 0. The Morgan fingerprint density at radius 2 is 2.14 bits per heavy atom. The quantitative estimate of drug-likeness (QED) is 0.537. The molecular formula is C4H10NSi2. The van der Waals surface area contributed by atoms with Gasteiger partial charge in [-0.1, -0.05) is 18.8 Å². The van der Waals surface area contributed by atoms with Crippen molar-refractivity contribution in [2.45, 2.75) is 13.1 Å². The molecular weight excluding hydrogens is 118 g/mol. The minimum atomic E-state index is -1.22. The molecule has 0 atom stereocenters. The average Bonchev–Trinajstić information content (AvgIpc) is 1.68. The van der Waals surface area contributed by atoms with Crippen molar-refractivity contribution < 1.29 is 0 Å². The van der Waals surface area contributed by atoms with Crippen LogP contribution in [0, 0.1) is 0 Å². The van der Waals surface area contributed by atoms with Gasteiger partial charge in [-0.2, -0.15) is 0 Å². The second-order valence-electron chi connectivity index (χ2n) is 2.05. The Balaban J connectivity index is 3.58. The zero-order valence-electron chi connectivity index (χ0n) is 4.78. The van der Waals surface area contributed by atoms with Gasteiger partial charge in [0, 0.05) is 0 Å². The van der Waals surface area contributed by atoms with Gasteiger partial charge in [-0.15, -0.1) is 6.58 Å². The van der Waals surface area contributed by atoms with E-state index >= 15 is 0 Å². The van der Waals surface area contributed by atoms with Crippen molar-refractivity contribution in [1.82, 2.24) is 4.65 Å². The SMILES string of the molecule is C=C[Si](C)(C)N[Si]. The first-order chi connectivity index (χ1) is 3.12. The summed E-state index contributed by atoms with van der Waals surface area (Å²) < 4.78 is 3.02. The van der Waals surface area contributed by atoms with Crippen LogP contribution in [-0.4, -0.2) is 18.6 Å². The summed E-state index contributed by atoms with van der Waals surface area (Å²) in [4.78, 5) is 0. The Bertz CT molecular complexity index is 70.1. The highest BCUT2D eigenvalue weighted by atomic mass is 28.4. The van der Waals surface area contributed by atoms with Crippen molar-refractivity contribution in [1.29, 1.82) is 0 Å². The van der Waals surface area contributed by atoms with Gasteiger partial charge in [-0.25, -0.2) is 0 Å². The molecule has 0 fully saturated rings. The summed E-state index contributed by atoms with van der Waals surface area (Å²) in [5.41, 5.74) is 1.97.